The number of alkyl halides is 6. The molecule has 0 atom stereocenters. The van der Waals surface area contributed by atoms with Crippen LogP contribution in [0.4, 0.5) is 30.7 Å². The molecule has 2 aromatic heterocycles. The molecule has 2 heterocycles. The summed E-state index contributed by atoms with van der Waals surface area (Å²) in [6.07, 6.45) is -7.94. The number of hydrogen-bond donors (Lipinski definition) is 1. The lowest BCUT2D eigenvalue weighted by molar-refractivity contribution is -0.141. The van der Waals surface area contributed by atoms with Gasteiger partial charge in [-0.2, -0.15) is 31.4 Å². The van der Waals surface area contributed by atoms with Crippen LogP contribution in [0, 0.1) is 5.82 Å². The van der Waals surface area contributed by atoms with Gasteiger partial charge in [0.1, 0.15) is 5.82 Å². The van der Waals surface area contributed by atoms with Gasteiger partial charge in [0.15, 0.2) is 5.69 Å². The van der Waals surface area contributed by atoms with Crippen molar-refractivity contribution in [3.8, 4) is 5.69 Å². The normalized spacial score (nSPS) is 12.2. The van der Waals surface area contributed by atoms with E-state index >= 15 is 0 Å². The summed E-state index contributed by atoms with van der Waals surface area (Å²) in [7, 11) is 0. The van der Waals surface area contributed by atoms with Crippen molar-refractivity contribution in [1.82, 2.24) is 14.8 Å². The van der Waals surface area contributed by atoms with Crippen LogP contribution in [0.1, 0.15) is 32.9 Å². The molecule has 0 radical (unpaired) electrons. The zero-order valence-corrected chi connectivity index (χ0v) is 14.7. The summed E-state index contributed by atoms with van der Waals surface area (Å²) in [4.78, 5) is 15.2. The van der Waals surface area contributed by atoms with Crippen molar-refractivity contribution in [1.29, 1.82) is 0 Å². The molecule has 3 aromatic rings. The van der Waals surface area contributed by atoms with Crippen LogP contribution in [0.5, 0.6) is 0 Å². The first-order valence-electron chi connectivity index (χ1n) is 8.13. The third-order valence-electron chi connectivity index (χ3n) is 3.98. The van der Waals surface area contributed by atoms with E-state index < -0.39 is 40.9 Å². The fraction of sp³-hybridized carbons (Fsp3) is 0.167. The Kier molecular flexibility index (Phi) is 5.27. The fourth-order valence-corrected chi connectivity index (χ4v) is 2.73. The summed E-state index contributed by atoms with van der Waals surface area (Å²) in [6.45, 7) is 0. The summed E-state index contributed by atoms with van der Waals surface area (Å²) in [5.41, 5.74) is 1.60. The van der Waals surface area contributed by atoms with Gasteiger partial charge < -0.3 is 5.73 Å². The second-order valence-corrected chi connectivity index (χ2v) is 6.23. The molecule has 5 nitrogen and oxygen atoms in total. The highest BCUT2D eigenvalue weighted by Crippen LogP contribution is 2.32. The van der Waals surface area contributed by atoms with Gasteiger partial charge in [-0.15, -0.1) is 0 Å². The summed E-state index contributed by atoms with van der Waals surface area (Å²) in [5, 5.41) is 3.34. The molecule has 0 fully saturated rings. The predicted octanol–water partition coefficient (Wildman–Crippen LogP) is 4.13. The highest BCUT2D eigenvalue weighted by molar-refractivity contribution is 5.94. The van der Waals surface area contributed by atoms with Crippen LogP contribution in [0.3, 0.4) is 0 Å². The molecule has 30 heavy (non-hydrogen) atoms. The molecule has 158 valence electrons. The Morgan fingerprint density at radius 2 is 1.73 bits per heavy atom. The Morgan fingerprint density at radius 3 is 2.30 bits per heavy atom. The molecule has 3 rings (SSSR count). The lowest BCUT2D eigenvalue weighted by Crippen LogP contribution is -2.17. The largest absolute Gasteiger partial charge is 0.435 e. The van der Waals surface area contributed by atoms with Crippen LogP contribution >= 0.6 is 0 Å². The summed E-state index contributed by atoms with van der Waals surface area (Å²) >= 11 is 0. The highest BCUT2D eigenvalue weighted by atomic mass is 19.4. The van der Waals surface area contributed by atoms with Crippen LogP contribution in [-0.4, -0.2) is 20.7 Å². The Bertz CT molecular complexity index is 1100. The standard InChI is InChI=1S/C18H11F7N4O/c19-11-4-9(3-10(6-11)17(20,21)22)5-12-7-13(1-2-27-12)29-8-14(16(26)30)15(28-29)18(23,24)25/h1-4,6-8H,5H2,(H2,26,30). The Hall–Kier alpha value is -3.44. The lowest BCUT2D eigenvalue weighted by atomic mass is 10.0. The van der Waals surface area contributed by atoms with Gasteiger partial charge in [-0.3, -0.25) is 9.78 Å². The maximum Gasteiger partial charge on any atom is 0.435 e. The van der Waals surface area contributed by atoms with E-state index in [1.807, 2.05) is 0 Å². The monoisotopic (exact) mass is 432 g/mol. The van der Waals surface area contributed by atoms with E-state index in [1.165, 1.54) is 18.3 Å². The topological polar surface area (TPSA) is 73.8 Å². The van der Waals surface area contributed by atoms with Gasteiger partial charge in [0.05, 0.1) is 16.8 Å². The van der Waals surface area contributed by atoms with Crippen LogP contribution in [0.25, 0.3) is 5.69 Å². The average molecular weight is 432 g/mol. The number of amides is 1. The van der Waals surface area contributed by atoms with Crippen molar-refractivity contribution < 1.29 is 35.5 Å². The number of nitrogens with two attached hydrogens (primary N) is 1. The van der Waals surface area contributed by atoms with Crippen molar-refractivity contribution >= 4 is 5.91 Å². The fourth-order valence-electron chi connectivity index (χ4n) is 2.73. The molecule has 0 bridgehead atoms. The Morgan fingerprint density at radius 1 is 1.03 bits per heavy atom. The van der Waals surface area contributed by atoms with Crippen molar-refractivity contribution in [3.63, 3.8) is 0 Å². The molecule has 0 saturated carbocycles. The van der Waals surface area contributed by atoms with E-state index in [1.54, 1.807) is 0 Å². The van der Waals surface area contributed by atoms with Crippen LogP contribution < -0.4 is 5.73 Å². The van der Waals surface area contributed by atoms with Crippen LogP contribution in [-0.2, 0) is 18.8 Å². The third kappa shape index (κ3) is 4.58. The number of benzene rings is 1. The van der Waals surface area contributed by atoms with Gasteiger partial charge in [-0.25, -0.2) is 9.07 Å². The van der Waals surface area contributed by atoms with Gasteiger partial charge in [-0.1, -0.05) is 0 Å². The molecule has 1 aromatic carbocycles. The number of nitrogens with zero attached hydrogens (tertiary/aromatic N) is 3. The number of rotatable bonds is 4. The van der Waals surface area contributed by atoms with Crippen LogP contribution in [0.2, 0.25) is 0 Å². The molecule has 0 spiro atoms. The zero-order chi connectivity index (χ0) is 22.3. The molecule has 12 heteroatoms. The number of hydrogen-bond acceptors (Lipinski definition) is 3. The van der Waals surface area contributed by atoms with E-state index in [-0.39, 0.29) is 23.4 Å². The molecule has 1 amide bonds. The first-order valence-corrected chi connectivity index (χ1v) is 8.13. The second kappa shape index (κ2) is 7.43. The number of halogens is 7. The van der Waals surface area contributed by atoms with E-state index in [0.717, 1.165) is 23.0 Å². The number of pyridine rings is 1. The minimum Gasteiger partial charge on any atom is -0.365 e. The van der Waals surface area contributed by atoms with Crippen LogP contribution in [0.15, 0.2) is 42.7 Å². The molecule has 2 N–H and O–H groups in total. The van der Waals surface area contributed by atoms with Crippen molar-refractivity contribution in [2.75, 3.05) is 0 Å². The maximum atomic E-state index is 13.6. The van der Waals surface area contributed by atoms with Gasteiger partial charge >= 0.3 is 12.4 Å². The van der Waals surface area contributed by atoms with E-state index in [4.69, 9.17) is 5.73 Å². The molecular formula is C18H11F7N4O. The average Bonchev–Trinajstić information content (AvgIpc) is 3.07. The van der Waals surface area contributed by atoms with Crippen molar-refractivity contribution in [2.45, 2.75) is 18.8 Å². The van der Waals surface area contributed by atoms with Crippen molar-refractivity contribution in [3.05, 3.63) is 76.6 Å². The molecule has 0 aliphatic carbocycles. The van der Waals surface area contributed by atoms with E-state index in [2.05, 4.69) is 10.1 Å². The summed E-state index contributed by atoms with van der Waals surface area (Å²) in [5.74, 6) is -2.42. The first kappa shape index (κ1) is 21.3. The lowest BCUT2D eigenvalue weighted by Gasteiger charge is -2.10. The SMILES string of the molecule is NC(=O)c1cn(-c2ccnc(Cc3cc(F)cc(C(F)(F)F)c3)c2)nc1C(F)(F)F. The van der Waals surface area contributed by atoms with Gasteiger partial charge in [0, 0.05) is 24.5 Å². The number of aromatic nitrogens is 3. The summed E-state index contributed by atoms with van der Waals surface area (Å²) in [6, 6.07) is 4.51. The molecule has 0 unspecified atom stereocenters. The predicted molar refractivity (Wildman–Crippen MR) is 89.1 cm³/mol. The Balaban J connectivity index is 1.97. The summed E-state index contributed by atoms with van der Waals surface area (Å²) < 4.78 is 92.0. The third-order valence-corrected chi connectivity index (χ3v) is 3.98. The number of carbonyl (C=O) groups excluding carboxylic acids is 1. The minimum absolute atomic E-state index is 0.0405. The zero-order valence-electron chi connectivity index (χ0n) is 14.7. The second-order valence-electron chi connectivity index (χ2n) is 6.23. The Labute approximate surface area is 163 Å². The van der Waals surface area contributed by atoms with E-state index in [9.17, 15) is 35.5 Å². The number of carbonyl (C=O) groups is 1. The maximum absolute atomic E-state index is 13.6. The molecule has 0 saturated heterocycles. The minimum atomic E-state index is -4.93. The molecule has 0 aliphatic rings. The number of primary amides is 1. The smallest absolute Gasteiger partial charge is 0.365 e. The molecular weight excluding hydrogens is 421 g/mol. The van der Waals surface area contributed by atoms with E-state index in [0.29, 0.717) is 6.07 Å². The van der Waals surface area contributed by atoms with Gasteiger partial charge in [0.25, 0.3) is 5.91 Å². The van der Waals surface area contributed by atoms with Crippen molar-refractivity contribution in [2.24, 2.45) is 5.73 Å². The highest BCUT2D eigenvalue weighted by Gasteiger charge is 2.39. The van der Waals surface area contributed by atoms with Gasteiger partial charge in [0.2, 0.25) is 0 Å². The molecule has 0 aliphatic heterocycles. The first-order chi connectivity index (χ1) is 13.8. The quantitative estimate of drug-likeness (QED) is 0.630. The van der Waals surface area contributed by atoms with Gasteiger partial charge in [-0.05, 0) is 35.9 Å².